The Morgan fingerprint density at radius 1 is 1.10 bits per heavy atom. The van der Waals surface area contributed by atoms with Crippen molar-refractivity contribution in [3.8, 4) is 5.75 Å². The number of hydrogen-bond acceptors (Lipinski definition) is 8. The number of aromatic nitrogens is 1. The van der Waals surface area contributed by atoms with Gasteiger partial charge in [-0.2, -0.15) is 0 Å². The molecule has 0 bridgehead atoms. The smallest absolute Gasteiger partial charge is 0.410 e. The molecule has 3 atom stereocenters. The molecule has 1 aliphatic heterocycles. The lowest BCUT2D eigenvalue weighted by atomic mass is 9.83. The van der Waals surface area contributed by atoms with Crippen molar-refractivity contribution in [3.05, 3.63) is 45.9 Å². The van der Waals surface area contributed by atoms with Gasteiger partial charge in [-0.1, -0.05) is 31.4 Å². The van der Waals surface area contributed by atoms with Gasteiger partial charge in [-0.15, -0.1) is 11.3 Å². The summed E-state index contributed by atoms with van der Waals surface area (Å²) < 4.78 is 5.43. The quantitative estimate of drug-likeness (QED) is 0.406. The van der Waals surface area contributed by atoms with Crippen molar-refractivity contribution >= 4 is 35.0 Å². The molecule has 1 aromatic carbocycles. The van der Waals surface area contributed by atoms with E-state index in [9.17, 15) is 24.3 Å². The van der Waals surface area contributed by atoms with E-state index in [0.717, 1.165) is 38.5 Å². The Kier molecular flexibility index (Phi) is 9.91. The number of phenolic OH excluding ortho intramolecular Hbond substituents is 1. The van der Waals surface area contributed by atoms with Crippen molar-refractivity contribution in [2.24, 2.45) is 5.92 Å². The summed E-state index contributed by atoms with van der Waals surface area (Å²) in [6.07, 6.45) is 5.63. The maximum Gasteiger partial charge on any atom is 0.410 e. The lowest BCUT2D eigenvalue weighted by Crippen LogP contribution is -2.56. The minimum Gasteiger partial charge on any atom is -0.507 e. The van der Waals surface area contributed by atoms with E-state index in [1.165, 1.54) is 29.4 Å². The van der Waals surface area contributed by atoms with Crippen LogP contribution in [0.15, 0.2) is 29.6 Å². The zero-order valence-corrected chi connectivity index (χ0v) is 25.9. The number of likely N-dealkylation sites (tertiary alicyclic amines) is 1. The molecular formula is C31H42N4O6S. The van der Waals surface area contributed by atoms with Crippen LogP contribution in [-0.4, -0.2) is 74.9 Å². The van der Waals surface area contributed by atoms with Gasteiger partial charge >= 0.3 is 6.09 Å². The fraction of sp³-hybridized carbons (Fsp3) is 0.581. The molecule has 42 heavy (non-hydrogen) atoms. The van der Waals surface area contributed by atoms with E-state index in [0.29, 0.717) is 18.0 Å². The summed E-state index contributed by atoms with van der Waals surface area (Å²) in [5, 5.41) is 15.5. The SMILES string of the molecule is C[C@@H](C(=O)N[C@H](C(=O)N1CCC[C@H]1c1nc(C(=O)c2ccccc2O)cs1)C1CCCCC1)N(C)C(=O)OC(C)(C)C. The van der Waals surface area contributed by atoms with Crippen LogP contribution in [0.25, 0.3) is 0 Å². The van der Waals surface area contributed by atoms with Crippen molar-refractivity contribution < 1.29 is 29.0 Å². The van der Waals surface area contributed by atoms with E-state index in [1.54, 1.807) is 56.2 Å². The largest absolute Gasteiger partial charge is 0.507 e. The van der Waals surface area contributed by atoms with Crippen LogP contribution in [0.5, 0.6) is 5.75 Å². The number of carbonyl (C=O) groups is 4. The van der Waals surface area contributed by atoms with Crippen LogP contribution in [0.3, 0.4) is 0 Å². The number of ether oxygens (including phenoxy) is 1. The molecular weight excluding hydrogens is 556 g/mol. The fourth-order valence-electron chi connectivity index (χ4n) is 5.60. The Bertz CT molecular complexity index is 1300. The zero-order valence-electron chi connectivity index (χ0n) is 25.1. The van der Waals surface area contributed by atoms with Gasteiger partial charge in [-0.3, -0.25) is 19.3 Å². The third-order valence-electron chi connectivity index (χ3n) is 8.05. The van der Waals surface area contributed by atoms with Gasteiger partial charge in [0.05, 0.1) is 11.6 Å². The van der Waals surface area contributed by atoms with Crippen molar-refractivity contribution in [2.45, 2.75) is 96.4 Å². The minimum absolute atomic E-state index is 0.00928. The summed E-state index contributed by atoms with van der Waals surface area (Å²) in [5.74, 6) is -1.05. The number of aromatic hydroxyl groups is 1. The molecule has 2 fully saturated rings. The molecule has 0 radical (unpaired) electrons. The number of rotatable bonds is 8. The number of carbonyl (C=O) groups excluding carboxylic acids is 4. The number of benzene rings is 1. The molecule has 2 N–H and O–H groups in total. The monoisotopic (exact) mass is 598 g/mol. The third kappa shape index (κ3) is 7.29. The summed E-state index contributed by atoms with van der Waals surface area (Å²) in [4.78, 5) is 60.8. The Morgan fingerprint density at radius 2 is 1.79 bits per heavy atom. The standard InChI is InChI=1S/C31H42N4O6S/c1-19(34(5)30(40)41-31(2,3)4)27(38)33-25(20-12-7-6-8-13-20)29(39)35-17-11-15-23(35)28-32-22(18-42-28)26(37)21-14-9-10-16-24(21)36/h9-10,14,16,18-20,23,25,36H,6-8,11-13,15,17H2,1-5H3,(H,33,38)/t19-,23-,25-/m0/s1. The summed E-state index contributed by atoms with van der Waals surface area (Å²) in [6.45, 7) is 7.44. The van der Waals surface area contributed by atoms with Gasteiger partial charge < -0.3 is 20.1 Å². The maximum atomic E-state index is 14.2. The minimum atomic E-state index is -0.838. The molecule has 0 spiro atoms. The molecule has 3 amide bonds. The van der Waals surface area contributed by atoms with E-state index >= 15 is 0 Å². The van der Waals surface area contributed by atoms with Crippen molar-refractivity contribution in [1.82, 2.24) is 20.1 Å². The molecule has 0 unspecified atom stereocenters. The van der Waals surface area contributed by atoms with Gasteiger partial charge in [0, 0.05) is 19.0 Å². The molecule has 228 valence electrons. The summed E-state index contributed by atoms with van der Waals surface area (Å²) in [6, 6.07) is 4.48. The molecule has 2 heterocycles. The third-order valence-corrected chi connectivity index (χ3v) is 9.00. The second-order valence-electron chi connectivity index (χ2n) is 12.3. The molecule has 4 rings (SSSR count). The van der Waals surface area contributed by atoms with Gasteiger partial charge in [-0.25, -0.2) is 9.78 Å². The highest BCUT2D eigenvalue weighted by Gasteiger charge is 2.41. The molecule has 1 saturated carbocycles. The average Bonchev–Trinajstić information content (AvgIpc) is 3.64. The predicted molar refractivity (Wildman–Crippen MR) is 159 cm³/mol. The number of amides is 3. The Labute approximate surface area is 251 Å². The Morgan fingerprint density at radius 3 is 2.45 bits per heavy atom. The number of phenols is 1. The fourth-order valence-corrected chi connectivity index (χ4v) is 6.55. The molecule has 1 saturated heterocycles. The Balaban J connectivity index is 1.52. The van der Waals surface area contributed by atoms with Gasteiger partial charge in [-0.05, 0) is 71.4 Å². The number of nitrogens with zero attached hydrogens (tertiary/aromatic N) is 3. The average molecular weight is 599 g/mol. The van der Waals surface area contributed by atoms with Crippen LogP contribution in [0.4, 0.5) is 4.79 Å². The van der Waals surface area contributed by atoms with Crippen LogP contribution >= 0.6 is 11.3 Å². The van der Waals surface area contributed by atoms with Crippen molar-refractivity contribution in [3.63, 3.8) is 0 Å². The van der Waals surface area contributed by atoms with Crippen LogP contribution < -0.4 is 5.32 Å². The summed E-state index contributed by atoms with van der Waals surface area (Å²) >= 11 is 1.32. The molecule has 10 nitrogen and oxygen atoms in total. The Hall–Kier alpha value is -3.47. The number of nitrogens with one attached hydrogen (secondary N) is 1. The summed E-state index contributed by atoms with van der Waals surface area (Å²) in [5.41, 5.74) is -0.291. The van der Waals surface area contributed by atoms with Crippen molar-refractivity contribution in [2.75, 3.05) is 13.6 Å². The van der Waals surface area contributed by atoms with Crippen LogP contribution in [-0.2, 0) is 14.3 Å². The number of likely N-dealkylation sites (N-methyl/N-ethyl adjacent to an activating group) is 1. The van der Waals surface area contributed by atoms with Crippen molar-refractivity contribution in [1.29, 1.82) is 0 Å². The molecule has 2 aromatic rings. The van der Waals surface area contributed by atoms with E-state index in [2.05, 4.69) is 10.3 Å². The highest BCUT2D eigenvalue weighted by molar-refractivity contribution is 7.10. The van der Waals surface area contributed by atoms with E-state index < -0.39 is 29.7 Å². The van der Waals surface area contributed by atoms with Gasteiger partial charge in [0.1, 0.15) is 34.1 Å². The van der Waals surface area contributed by atoms with Crippen LogP contribution in [0, 0.1) is 5.92 Å². The predicted octanol–water partition coefficient (Wildman–Crippen LogP) is 5.06. The van der Waals surface area contributed by atoms with E-state index in [4.69, 9.17) is 4.74 Å². The van der Waals surface area contributed by atoms with E-state index in [1.807, 2.05) is 0 Å². The second kappa shape index (κ2) is 13.2. The van der Waals surface area contributed by atoms with Gasteiger partial charge in [0.25, 0.3) is 0 Å². The van der Waals surface area contributed by atoms with E-state index in [-0.39, 0.29) is 40.7 Å². The number of ketones is 1. The van der Waals surface area contributed by atoms with Crippen LogP contribution in [0.2, 0.25) is 0 Å². The second-order valence-corrected chi connectivity index (χ2v) is 13.1. The number of hydrogen-bond donors (Lipinski definition) is 2. The first-order valence-corrected chi connectivity index (χ1v) is 15.6. The topological polar surface area (TPSA) is 129 Å². The number of thiazole rings is 1. The maximum absolute atomic E-state index is 14.2. The summed E-state index contributed by atoms with van der Waals surface area (Å²) in [7, 11) is 1.52. The number of para-hydroxylation sites is 1. The first-order valence-electron chi connectivity index (χ1n) is 14.7. The lowest BCUT2D eigenvalue weighted by Gasteiger charge is -2.36. The first kappa shape index (κ1) is 31.5. The zero-order chi connectivity index (χ0) is 30.6. The molecule has 1 aromatic heterocycles. The highest BCUT2D eigenvalue weighted by atomic mass is 32.1. The van der Waals surface area contributed by atoms with Gasteiger partial charge in [0.15, 0.2) is 0 Å². The lowest BCUT2D eigenvalue weighted by molar-refractivity contribution is -0.140. The normalized spacial score (nSPS) is 19.2. The molecule has 11 heteroatoms. The highest BCUT2D eigenvalue weighted by Crippen LogP contribution is 2.37. The van der Waals surface area contributed by atoms with Crippen LogP contribution in [0.1, 0.15) is 99.7 Å². The first-order chi connectivity index (χ1) is 19.9. The molecule has 1 aliphatic carbocycles. The molecule has 2 aliphatic rings. The van der Waals surface area contributed by atoms with Gasteiger partial charge in [0.2, 0.25) is 17.6 Å².